The van der Waals surface area contributed by atoms with Crippen LogP contribution in [0.4, 0.5) is 0 Å². The Morgan fingerprint density at radius 2 is 2.08 bits per heavy atom. The van der Waals surface area contributed by atoms with E-state index < -0.39 is 0 Å². The van der Waals surface area contributed by atoms with Crippen molar-refractivity contribution in [1.29, 1.82) is 0 Å². The third-order valence-electron chi connectivity index (χ3n) is 1.56. The van der Waals surface area contributed by atoms with Crippen molar-refractivity contribution in [1.82, 2.24) is 0 Å². The van der Waals surface area contributed by atoms with Crippen LogP contribution in [0.1, 0.15) is 12.5 Å². The van der Waals surface area contributed by atoms with Gasteiger partial charge >= 0.3 is 51.4 Å². The summed E-state index contributed by atoms with van der Waals surface area (Å²) in [6, 6.07) is 5.24. The predicted octanol–water partition coefficient (Wildman–Crippen LogP) is 1.79. The number of phenols is 1. The molecule has 0 aliphatic heterocycles. The summed E-state index contributed by atoms with van der Waals surface area (Å²) in [6.07, 6.45) is 3.88. The van der Waals surface area contributed by atoms with Crippen molar-refractivity contribution in [3.63, 3.8) is 0 Å². The molecular formula is C10H13KO2. The van der Waals surface area contributed by atoms with Gasteiger partial charge in [-0.1, -0.05) is 18.2 Å². The van der Waals surface area contributed by atoms with Gasteiger partial charge in [0.05, 0.1) is 7.11 Å². The quantitative estimate of drug-likeness (QED) is 0.744. The average Bonchev–Trinajstić information content (AvgIpc) is 2.09. The van der Waals surface area contributed by atoms with Gasteiger partial charge in [-0.05, 0) is 24.6 Å². The van der Waals surface area contributed by atoms with E-state index in [1.54, 1.807) is 12.1 Å². The molecule has 0 saturated carbocycles. The number of methoxy groups -OCH3 is 1. The van der Waals surface area contributed by atoms with Crippen molar-refractivity contribution in [3.8, 4) is 11.5 Å². The third-order valence-corrected chi connectivity index (χ3v) is 1.56. The summed E-state index contributed by atoms with van der Waals surface area (Å²) in [6.45, 7) is 1.94. The van der Waals surface area contributed by atoms with Crippen LogP contribution in [-0.2, 0) is 0 Å². The summed E-state index contributed by atoms with van der Waals surface area (Å²) in [7, 11) is 1.54. The summed E-state index contributed by atoms with van der Waals surface area (Å²) in [5.41, 5.74) is 1.02. The third kappa shape index (κ3) is 3.83. The van der Waals surface area contributed by atoms with Crippen LogP contribution in [-0.4, -0.2) is 63.6 Å². The number of aromatic hydroxyl groups is 1. The summed E-state index contributed by atoms with van der Waals surface area (Å²) in [5, 5.41) is 9.25. The Morgan fingerprint density at radius 1 is 1.38 bits per heavy atom. The topological polar surface area (TPSA) is 29.5 Å². The Morgan fingerprint density at radius 3 is 2.62 bits per heavy atom. The van der Waals surface area contributed by atoms with E-state index in [1.807, 2.05) is 25.1 Å². The van der Waals surface area contributed by atoms with Gasteiger partial charge in [0.1, 0.15) is 0 Å². The summed E-state index contributed by atoms with van der Waals surface area (Å²) < 4.78 is 4.95. The summed E-state index contributed by atoms with van der Waals surface area (Å²) in [5.74, 6) is 0.677. The van der Waals surface area contributed by atoms with Crippen LogP contribution >= 0.6 is 0 Å². The molecule has 0 bridgehead atoms. The molecule has 0 atom stereocenters. The number of hydrogen-bond acceptors (Lipinski definition) is 2. The molecule has 0 aromatic heterocycles. The first-order valence-electron chi connectivity index (χ1n) is 3.77. The maximum absolute atomic E-state index is 9.25. The fourth-order valence-corrected chi connectivity index (χ4v) is 0.990. The van der Waals surface area contributed by atoms with Gasteiger partial charge in [0.15, 0.2) is 11.5 Å². The number of rotatable bonds is 2. The van der Waals surface area contributed by atoms with Crippen LogP contribution in [0.2, 0.25) is 0 Å². The molecule has 1 N–H and O–H groups in total. The van der Waals surface area contributed by atoms with Crippen molar-refractivity contribution in [2.45, 2.75) is 6.92 Å². The van der Waals surface area contributed by atoms with Gasteiger partial charge in [0.2, 0.25) is 0 Å². The molecule has 13 heavy (non-hydrogen) atoms. The molecule has 0 amide bonds. The molecule has 0 unspecified atom stereocenters. The molecule has 1 aromatic carbocycles. The zero-order chi connectivity index (χ0) is 8.97. The summed E-state index contributed by atoms with van der Waals surface area (Å²) >= 11 is 0. The van der Waals surface area contributed by atoms with Crippen molar-refractivity contribution >= 4 is 57.5 Å². The second kappa shape index (κ2) is 6.62. The molecule has 0 spiro atoms. The monoisotopic (exact) mass is 204 g/mol. The Kier molecular flexibility index (Phi) is 6.72. The van der Waals surface area contributed by atoms with Gasteiger partial charge in [-0.2, -0.15) is 0 Å². The van der Waals surface area contributed by atoms with Crippen LogP contribution in [0.25, 0.3) is 6.08 Å². The molecule has 0 fully saturated rings. The van der Waals surface area contributed by atoms with Gasteiger partial charge in [0, 0.05) is 0 Å². The molecule has 0 heterocycles. The van der Waals surface area contributed by atoms with Crippen molar-refractivity contribution < 1.29 is 9.84 Å². The number of ether oxygens (including phenoxy) is 1. The molecule has 1 rings (SSSR count). The van der Waals surface area contributed by atoms with E-state index in [0.717, 1.165) is 5.56 Å². The van der Waals surface area contributed by atoms with Crippen LogP contribution in [0.5, 0.6) is 11.5 Å². The van der Waals surface area contributed by atoms with E-state index in [0.29, 0.717) is 5.75 Å². The Bertz CT molecular complexity index is 295. The van der Waals surface area contributed by atoms with Crippen molar-refractivity contribution in [3.05, 3.63) is 29.8 Å². The molecule has 3 heteroatoms. The average molecular weight is 204 g/mol. The van der Waals surface area contributed by atoms with E-state index >= 15 is 0 Å². The molecule has 0 radical (unpaired) electrons. The summed E-state index contributed by atoms with van der Waals surface area (Å²) in [4.78, 5) is 0. The molecule has 66 valence electrons. The van der Waals surface area contributed by atoms with Crippen molar-refractivity contribution in [2.75, 3.05) is 7.11 Å². The molecule has 0 aliphatic rings. The normalized spacial score (nSPS) is 9.69. The predicted molar refractivity (Wildman–Crippen MR) is 56.5 cm³/mol. The Labute approximate surface area is 121 Å². The van der Waals surface area contributed by atoms with Crippen LogP contribution < -0.4 is 4.74 Å². The first kappa shape index (κ1) is 13.2. The van der Waals surface area contributed by atoms with Crippen LogP contribution in [0.3, 0.4) is 0 Å². The van der Waals surface area contributed by atoms with Crippen LogP contribution in [0, 0.1) is 0 Å². The van der Waals surface area contributed by atoms with Gasteiger partial charge < -0.3 is 9.84 Å². The number of hydrogen-bond donors (Lipinski definition) is 1. The van der Waals surface area contributed by atoms with E-state index in [1.165, 1.54) is 7.11 Å². The molecular weight excluding hydrogens is 191 g/mol. The molecule has 0 aliphatic carbocycles. The second-order valence-electron chi connectivity index (χ2n) is 2.43. The molecule has 0 saturated heterocycles. The number of phenolic OH excluding ortho intramolecular Hbond substituents is 1. The minimum absolute atomic E-state index is 0. The zero-order valence-electron chi connectivity index (χ0n) is 7.24. The number of allylic oxidation sites excluding steroid dienone is 1. The van der Waals surface area contributed by atoms with Gasteiger partial charge in [0.25, 0.3) is 0 Å². The first-order chi connectivity index (χ1) is 5.77. The SMILES string of the molecule is C/C=C/c1ccc(O)c(OC)c1.[KH]. The standard InChI is InChI=1S/C10H12O2.K.H/c1-3-4-8-5-6-9(11)10(7-8)12-2;;/h3-7,11H,1-2H3;;/b4-3+;;. The van der Waals surface area contributed by atoms with Gasteiger partial charge in [-0.25, -0.2) is 0 Å². The molecule has 2 nitrogen and oxygen atoms in total. The van der Waals surface area contributed by atoms with E-state index in [4.69, 9.17) is 4.74 Å². The minimum atomic E-state index is 0. The van der Waals surface area contributed by atoms with E-state index in [-0.39, 0.29) is 57.1 Å². The van der Waals surface area contributed by atoms with Crippen LogP contribution in [0.15, 0.2) is 24.3 Å². The fraction of sp³-hybridized carbons (Fsp3) is 0.200. The van der Waals surface area contributed by atoms with Gasteiger partial charge in [-0.3, -0.25) is 0 Å². The van der Waals surface area contributed by atoms with E-state index in [2.05, 4.69) is 0 Å². The zero-order valence-corrected chi connectivity index (χ0v) is 7.24. The molecule has 1 aromatic rings. The Hall–Kier alpha value is 0.196. The van der Waals surface area contributed by atoms with Crippen molar-refractivity contribution in [2.24, 2.45) is 0 Å². The first-order valence-corrected chi connectivity index (χ1v) is 3.77. The second-order valence-corrected chi connectivity index (χ2v) is 2.43. The van der Waals surface area contributed by atoms with Gasteiger partial charge in [-0.15, -0.1) is 0 Å². The van der Waals surface area contributed by atoms with E-state index in [9.17, 15) is 5.11 Å². The fourth-order valence-electron chi connectivity index (χ4n) is 0.990. The maximum atomic E-state index is 9.25. The Balaban J connectivity index is 0.00000144. The number of benzene rings is 1.